The molecule has 1 aromatic carbocycles. The summed E-state index contributed by atoms with van der Waals surface area (Å²) >= 11 is 0. The molecule has 1 rings (SSSR count). The third-order valence-corrected chi connectivity index (χ3v) is 2.23. The van der Waals surface area contributed by atoms with Gasteiger partial charge in [-0.1, -0.05) is 13.3 Å². The van der Waals surface area contributed by atoms with Gasteiger partial charge in [0.05, 0.1) is 11.5 Å². The van der Waals surface area contributed by atoms with E-state index in [0.717, 1.165) is 25.0 Å². The van der Waals surface area contributed by atoms with E-state index in [4.69, 9.17) is 9.47 Å². The average molecular weight is 271 g/mol. The van der Waals surface area contributed by atoms with Crippen molar-refractivity contribution in [3.8, 4) is 5.75 Å². The molecule has 7 heteroatoms. The highest BCUT2D eigenvalue weighted by molar-refractivity contribution is 5.71. The van der Waals surface area contributed by atoms with Crippen LogP contribution in [-0.4, -0.2) is 24.1 Å². The second kappa shape index (κ2) is 7.30. The molecular formula is C12H14FNO5. The summed E-state index contributed by atoms with van der Waals surface area (Å²) in [7, 11) is 0. The molecule has 19 heavy (non-hydrogen) atoms. The van der Waals surface area contributed by atoms with Crippen molar-refractivity contribution >= 4 is 11.7 Å². The Bertz CT molecular complexity index is 463. The number of nitrogens with zero attached hydrogens (tertiary/aromatic N) is 1. The molecular weight excluding hydrogens is 257 g/mol. The van der Waals surface area contributed by atoms with E-state index in [0.29, 0.717) is 6.61 Å². The fourth-order valence-corrected chi connectivity index (χ4v) is 1.24. The van der Waals surface area contributed by atoms with Crippen molar-refractivity contribution in [2.45, 2.75) is 19.8 Å². The minimum atomic E-state index is -1.01. The van der Waals surface area contributed by atoms with Crippen molar-refractivity contribution in [1.29, 1.82) is 0 Å². The maximum absolute atomic E-state index is 13.2. The summed E-state index contributed by atoms with van der Waals surface area (Å²) in [4.78, 5) is 20.8. The van der Waals surface area contributed by atoms with Gasteiger partial charge in [0.1, 0.15) is 5.75 Å². The number of hydrogen-bond donors (Lipinski definition) is 0. The zero-order chi connectivity index (χ0) is 14.3. The molecule has 0 N–H and O–H groups in total. The number of halogens is 1. The molecule has 0 saturated carbocycles. The lowest BCUT2D eigenvalue weighted by molar-refractivity contribution is -0.387. The van der Waals surface area contributed by atoms with Gasteiger partial charge in [-0.3, -0.25) is 10.1 Å². The number of nitro benzene ring substituents is 1. The molecule has 0 aliphatic carbocycles. The van der Waals surface area contributed by atoms with Crippen molar-refractivity contribution in [2.75, 3.05) is 13.2 Å². The average Bonchev–Trinajstić information content (AvgIpc) is 2.36. The van der Waals surface area contributed by atoms with Gasteiger partial charge in [-0.05, 0) is 12.5 Å². The normalized spacial score (nSPS) is 10.0. The molecule has 0 aliphatic heterocycles. The molecule has 0 bridgehead atoms. The maximum Gasteiger partial charge on any atom is 0.344 e. The third-order valence-electron chi connectivity index (χ3n) is 2.23. The molecule has 0 aliphatic rings. The van der Waals surface area contributed by atoms with E-state index in [1.807, 2.05) is 6.92 Å². The van der Waals surface area contributed by atoms with Crippen LogP contribution in [0.25, 0.3) is 0 Å². The van der Waals surface area contributed by atoms with Crippen LogP contribution >= 0.6 is 0 Å². The summed E-state index contributed by atoms with van der Waals surface area (Å²) in [6.45, 7) is 1.91. The lowest BCUT2D eigenvalue weighted by Gasteiger charge is -2.06. The van der Waals surface area contributed by atoms with Crippen LogP contribution < -0.4 is 4.74 Å². The standard InChI is InChI=1S/C12H14FNO5/c1-2-3-6-18-12(15)8-19-9-4-5-11(14(16)17)10(13)7-9/h4-5,7H,2-3,6,8H2,1H3. The van der Waals surface area contributed by atoms with Crippen LogP contribution in [0.2, 0.25) is 0 Å². The van der Waals surface area contributed by atoms with Gasteiger partial charge in [-0.15, -0.1) is 0 Å². The number of ether oxygens (including phenoxy) is 2. The summed E-state index contributed by atoms with van der Waals surface area (Å²) < 4.78 is 23.0. The first kappa shape index (κ1) is 14.9. The number of hydrogen-bond acceptors (Lipinski definition) is 5. The molecule has 0 radical (unpaired) electrons. The summed E-state index contributed by atoms with van der Waals surface area (Å²) in [5.74, 6) is -1.54. The molecule has 1 aromatic rings. The zero-order valence-corrected chi connectivity index (χ0v) is 10.4. The molecule has 6 nitrogen and oxygen atoms in total. The topological polar surface area (TPSA) is 78.7 Å². The minimum Gasteiger partial charge on any atom is -0.482 e. The van der Waals surface area contributed by atoms with Crippen LogP contribution in [0.3, 0.4) is 0 Å². The third kappa shape index (κ3) is 4.90. The van der Waals surface area contributed by atoms with Gasteiger partial charge in [-0.2, -0.15) is 4.39 Å². The number of benzene rings is 1. The molecule has 0 heterocycles. The van der Waals surface area contributed by atoms with E-state index in [1.54, 1.807) is 0 Å². The van der Waals surface area contributed by atoms with Crippen LogP contribution in [0.1, 0.15) is 19.8 Å². The predicted molar refractivity (Wildman–Crippen MR) is 64.4 cm³/mol. The van der Waals surface area contributed by atoms with Crippen LogP contribution in [-0.2, 0) is 9.53 Å². The Kier molecular flexibility index (Phi) is 5.72. The fraction of sp³-hybridized carbons (Fsp3) is 0.417. The quantitative estimate of drug-likeness (QED) is 0.329. The zero-order valence-electron chi connectivity index (χ0n) is 10.4. The molecule has 0 amide bonds. The molecule has 0 unspecified atom stereocenters. The summed E-state index contributed by atoms with van der Waals surface area (Å²) in [6, 6.07) is 3.06. The lowest BCUT2D eigenvalue weighted by atomic mass is 10.3. The largest absolute Gasteiger partial charge is 0.482 e. The molecule has 0 spiro atoms. The van der Waals surface area contributed by atoms with E-state index in [9.17, 15) is 19.3 Å². The number of carbonyl (C=O) groups is 1. The molecule has 0 atom stereocenters. The van der Waals surface area contributed by atoms with Crippen molar-refractivity contribution in [2.24, 2.45) is 0 Å². The van der Waals surface area contributed by atoms with Crippen molar-refractivity contribution in [3.63, 3.8) is 0 Å². The lowest BCUT2D eigenvalue weighted by Crippen LogP contribution is -2.15. The summed E-state index contributed by atoms with van der Waals surface area (Å²) in [5, 5.41) is 10.4. The monoisotopic (exact) mass is 271 g/mol. The SMILES string of the molecule is CCCCOC(=O)COc1ccc([N+](=O)[O-])c(F)c1. The van der Waals surface area contributed by atoms with E-state index in [2.05, 4.69) is 0 Å². The number of rotatable bonds is 7. The number of nitro groups is 1. The number of esters is 1. The second-order valence-corrected chi connectivity index (χ2v) is 3.73. The van der Waals surface area contributed by atoms with E-state index in [-0.39, 0.29) is 12.4 Å². The van der Waals surface area contributed by atoms with Gasteiger partial charge in [0, 0.05) is 12.1 Å². The second-order valence-electron chi connectivity index (χ2n) is 3.73. The fourth-order valence-electron chi connectivity index (χ4n) is 1.24. The van der Waals surface area contributed by atoms with E-state index >= 15 is 0 Å². The maximum atomic E-state index is 13.2. The van der Waals surface area contributed by atoms with Gasteiger partial charge in [-0.25, -0.2) is 4.79 Å². The van der Waals surface area contributed by atoms with Crippen LogP contribution in [0.5, 0.6) is 5.75 Å². The van der Waals surface area contributed by atoms with Gasteiger partial charge in [0.25, 0.3) is 0 Å². The number of carbonyl (C=O) groups excluding carboxylic acids is 1. The smallest absolute Gasteiger partial charge is 0.344 e. The summed E-state index contributed by atoms with van der Waals surface area (Å²) in [6.07, 6.45) is 1.67. The van der Waals surface area contributed by atoms with Crippen LogP contribution in [0.15, 0.2) is 18.2 Å². The Balaban J connectivity index is 2.48. The van der Waals surface area contributed by atoms with E-state index in [1.165, 1.54) is 6.07 Å². The molecule has 0 saturated heterocycles. The van der Waals surface area contributed by atoms with E-state index < -0.39 is 22.4 Å². The molecule has 104 valence electrons. The highest BCUT2D eigenvalue weighted by Gasteiger charge is 2.14. The summed E-state index contributed by atoms with van der Waals surface area (Å²) in [5.41, 5.74) is -0.641. The van der Waals surface area contributed by atoms with Crippen molar-refractivity contribution in [1.82, 2.24) is 0 Å². The molecule has 0 fully saturated rings. The van der Waals surface area contributed by atoms with Crippen molar-refractivity contribution < 1.29 is 23.6 Å². The number of unbranched alkanes of at least 4 members (excludes halogenated alkanes) is 1. The predicted octanol–water partition coefficient (Wildman–Crippen LogP) is 2.46. The highest BCUT2D eigenvalue weighted by Crippen LogP contribution is 2.22. The Morgan fingerprint density at radius 2 is 2.21 bits per heavy atom. The Morgan fingerprint density at radius 3 is 2.79 bits per heavy atom. The van der Waals surface area contributed by atoms with Gasteiger partial charge in [0.15, 0.2) is 6.61 Å². The Morgan fingerprint density at radius 1 is 1.47 bits per heavy atom. The van der Waals surface area contributed by atoms with Gasteiger partial charge >= 0.3 is 11.7 Å². The Labute approximate surface area is 109 Å². The first-order chi connectivity index (χ1) is 9.04. The molecule has 0 aromatic heterocycles. The van der Waals surface area contributed by atoms with Crippen LogP contribution in [0, 0.1) is 15.9 Å². The Hall–Kier alpha value is -2.18. The first-order valence-corrected chi connectivity index (χ1v) is 5.77. The first-order valence-electron chi connectivity index (χ1n) is 5.77. The van der Waals surface area contributed by atoms with Crippen LogP contribution in [0.4, 0.5) is 10.1 Å². The highest BCUT2D eigenvalue weighted by atomic mass is 19.1. The van der Waals surface area contributed by atoms with Crippen molar-refractivity contribution in [3.05, 3.63) is 34.1 Å². The van der Waals surface area contributed by atoms with Gasteiger partial charge in [0.2, 0.25) is 5.82 Å². The minimum absolute atomic E-state index is 0.0375. The van der Waals surface area contributed by atoms with Gasteiger partial charge < -0.3 is 9.47 Å².